The number of aryl methyl sites for hydroxylation is 1. The van der Waals surface area contributed by atoms with E-state index in [-0.39, 0.29) is 5.41 Å². The summed E-state index contributed by atoms with van der Waals surface area (Å²) in [5.41, 5.74) is 2.85. The zero-order valence-electron chi connectivity index (χ0n) is 13.0. The third-order valence-electron chi connectivity index (χ3n) is 2.94. The van der Waals surface area contributed by atoms with Crippen molar-refractivity contribution in [3.05, 3.63) is 11.4 Å². The van der Waals surface area contributed by atoms with Crippen molar-refractivity contribution in [1.29, 1.82) is 0 Å². The van der Waals surface area contributed by atoms with Gasteiger partial charge in [-0.3, -0.25) is 0 Å². The van der Waals surface area contributed by atoms with Crippen LogP contribution in [-0.2, 0) is 19.4 Å². The average Bonchev–Trinajstić information content (AvgIpc) is 2.55. The van der Waals surface area contributed by atoms with Gasteiger partial charge in [0.15, 0.2) is 0 Å². The molecule has 1 aromatic heterocycles. The van der Waals surface area contributed by atoms with Crippen molar-refractivity contribution >= 4 is 0 Å². The van der Waals surface area contributed by atoms with E-state index in [0.29, 0.717) is 5.92 Å². The topological polar surface area (TPSA) is 30.7 Å². The van der Waals surface area contributed by atoms with E-state index in [1.54, 1.807) is 0 Å². The molecule has 0 aliphatic rings. The molecule has 0 aliphatic heterocycles. The summed E-state index contributed by atoms with van der Waals surface area (Å²) in [6, 6.07) is 0. The molecule has 0 aromatic carbocycles. The van der Waals surface area contributed by atoms with Gasteiger partial charge in [0, 0.05) is 6.54 Å². The number of nitrogens with zero attached hydrogens (tertiary/aromatic N) is 3. The van der Waals surface area contributed by atoms with Crippen LogP contribution in [-0.4, -0.2) is 15.0 Å². The second kappa shape index (κ2) is 6.35. The Morgan fingerprint density at radius 3 is 2.39 bits per heavy atom. The first-order valence-electron chi connectivity index (χ1n) is 7.24. The third-order valence-corrected chi connectivity index (χ3v) is 2.94. The van der Waals surface area contributed by atoms with Crippen LogP contribution >= 0.6 is 0 Å². The number of aromatic nitrogens is 3. The van der Waals surface area contributed by atoms with Crippen molar-refractivity contribution < 1.29 is 0 Å². The second-order valence-corrected chi connectivity index (χ2v) is 6.89. The first-order valence-corrected chi connectivity index (χ1v) is 7.24. The molecular weight excluding hydrogens is 222 g/mol. The molecule has 1 rings (SSSR count). The molecule has 0 atom stereocenters. The van der Waals surface area contributed by atoms with Crippen molar-refractivity contribution in [2.45, 2.75) is 73.8 Å². The molecular formula is C15H29N3. The fraction of sp³-hybridized carbons (Fsp3) is 0.867. The molecule has 3 nitrogen and oxygen atoms in total. The summed E-state index contributed by atoms with van der Waals surface area (Å²) in [6.45, 7) is 14.6. The van der Waals surface area contributed by atoms with Crippen molar-refractivity contribution in [2.75, 3.05) is 0 Å². The zero-order valence-corrected chi connectivity index (χ0v) is 13.0. The normalized spacial score (nSPS) is 12.4. The second-order valence-electron chi connectivity index (χ2n) is 6.89. The van der Waals surface area contributed by atoms with E-state index >= 15 is 0 Å². The van der Waals surface area contributed by atoms with Crippen LogP contribution in [0.3, 0.4) is 0 Å². The van der Waals surface area contributed by atoms with Gasteiger partial charge in [-0.1, -0.05) is 53.2 Å². The monoisotopic (exact) mass is 251 g/mol. The van der Waals surface area contributed by atoms with Gasteiger partial charge in [0.2, 0.25) is 0 Å². The Balaban J connectivity index is 2.93. The van der Waals surface area contributed by atoms with Gasteiger partial charge in [-0.25, -0.2) is 4.68 Å². The SMILES string of the molecule is CCCCn1nnc(CC(C)C)c1CC(C)(C)C. The van der Waals surface area contributed by atoms with Crippen molar-refractivity contribution in [2.24, 2.45) is 11.3 Å². The van der Waals surface area contributed by atoms with Gasteiger partial charge in [-0.05, 0) is 30.6 Å². The Bertz CT molecular complexity index is 358. The maximum absolute atomic E-state index is 4.41. The fourth-order valence-electron chi connectivity index (χ4n) is 2.10. The van der Waals surface area contributed by atoms with Gasteiger partial charge in [-0.2, -0.15) is 0 Å². The predicted octanol–water partition coefficient (Wildman–Crippen LogP) is 3.87. The van der Waals surface area contributed by atoms with Gasteiger partial charge in [0.05, 0.1) is 11.4 Å². The van der Waals surface area contributed by atoms with Crippen molar-refractivity contribution in [1.82, 2.24) is 15.0 Å². The van der Waals surface area contributed by atoms with Crippen LogP contribution in [0.15, 0.2) is 0 Å². The van der Waals surface area contributed by atoms with Crippen molar-refractivity contribution in [3.63, 3.8) is 0 Å². The van der Waals surface area contributed by atoms with Gasteiger partial charge in [0.1, 0.15) is 0 Å². The quantitative estimate of drug-likeness (QED) is 0.768. The van der Waals surface area contributed by atoms with E-state index in [9.17, 15) is 0 Å². The lowest BCUT2D eigenvalue weighted by atomic mass is 9.89. The highest BCUT2D eigenvalue weighted by molar-refractivity contribution is 5.12. The molecule has 0 radical (unpaired) electrons. The molecule has 1 heterocycles. The van der Waals surface area contributed by atoms with Gasteiger partial charge in [0.25, 0.3) is 0 Å². The Kier molecular flexibility index (Phi) is 5.36. The molecule has 0 fully saturated rings. The summed E-state index contributed by atoms with van der Waals surface area (Å²) in [5, 5.41) is 8.76. The average molecular weight is 251 g/mol. The van der Waals surface area contributed by atoms with Gasteiger partial charge in [-0.15, -0.1) is 5.10 Å². The van der Waals surface area contributed by atoms with Crippen LogP contribution < -0.4 is 0 Å². The first-order chi connectivity index (χ1) is 8.33. The molecule has 0 aliphatic carbocycles. The summed E-state index contributed by atoms with van der Waals surface area (Å²) in [6.07, 6.45) is 4.49. The van der Waals surface area contributed by atoms with Crippen LogP contribution in [0.4, 0.5) is 0 Å². The fourth-order valence-corrected chi connectivity index (χ4v) is 2.10. The maximum Gasteiger partial charge on any atom is 0.0861 e. The highest BCUT2D eigenvalue weighted by Gasteiger charge is 2.20. The lowest BCUT2D eigenvalue weighted by Gasteiger charge is -2.19. The van der Waals surface area contributed by atoms with E-state index in [1.165, 1.54) is 24.2 Å². The number of unbranched alkanes of at least 4 members (excludes halogenated alkanes) is 1. The minimum Gasteiger partial charge on any atom is -0.249 e. The molecule has 0 saturated carbocycles. The lowest BCUT2D eigenvalue weighted by molar-refractivity contribution is 0.387. The molecule has 0 spiro atoms. The molecule has 18 heavy (non-hydrogen) atoms. The molecule has 104 valence electrons. The van der Waals surface area contributed by atoms with Crippen LogP contribution in [0.1, 0.15) is 65.8 Å². The third kappa shape index (κ3) is 4.79. The minimum atomic E-state index is 0.289. The largest absolute Gasteiger partial charge is 0.249 e. The van der Waals surface area contributed by atoms with Gasteiger partial charge >= 0.3 is 0 Å². The number of hydrogen-bond acceptors (Lipinski definition) is 2. The van der Waals surface area contributed by atoms with Crippen LogP contribution in [0.5, 0.6) is 0 Å². The number of hydrogen-bond donors (Lipinski definition) is 0. The van der Waals surface area contributed by atoms with Crippen molar-refractivity contribution in [3.8, 4) is 0 Å². The minimum absolute atomic E-state index is 0.289. The highest BCUT2D eigenvalue weighted by Crippen LogP contribution is 2.23. The summed E-state index contributed by atoms with van der Waals surface area (Å²) >= 11 is 0. The Morgan fingerprint density at radius 2 is 1.89 bits per heavy atom. The molecule has 0 saturated heterocycles. The Hall–Kier alpha value is -0.860. The summed E-state index contributed by atoms with van der Waals surface area (Å²) in [4.78, 5) is 0. The van der Waals surface area contributed by atoms with E-state index in [1.807, 2.05) is 0 Å². The molecule has 0 amide bonds. The Labute approximate surface area is 112 Å². The van der Waals surface area contributed by atoms with Crippen LogP contribution in [0.2, 0.25) is 0 Å². The summed E-state index contributed by atoms with van der Waals surface area (Å²) in [7, 11) is 0. The zero-order chi connectivity index (χ0) is 13.8. The smallest absolute Gasteiger partial charge is 0.0861 e. The van der Waals surface area contributed by atoms with Gasteiger partial charge < -0.3 is 0 Å². The number of rotatable bonds is 6. The van der Waals surface area contributed by atoms with E-state index < -0.39 is 0 Å². The van der Waals surface area contributed by atoms with E-state index in [4.69, 9.17) is 0 Å². The molecule has 1 aromatic rings. The Morgan fingerprint density at radius 1 is 1.22 bits per heavy atom. The molecule has 0 bridgehead atoms. The maximum atomic E-state index is 4.41. The standard InChI is InChI=1S/C15H29N3/c1-7-8-9-18-14(11-15(4,5)6)13(16-17-18)10-12(2)3/h12H,7-11H2,1-6H3. The predicted molar refractivity (Wildman–Crippen MR) is 76.6 cm³/mol. The van der Waals surface area contributed by atoms with Crippen LogP contribution in [0.25, 0.3) is 0 Å². The molecule has 3 heteroatoms. The molecule has 0 unspecified atom stereocenters. The van der Waals surface area contributed by atoms with E-state index in [0.717, 1.165) is 19.4 Å². The van der Waals surface area contributed by atoms with E-state index in [2.05, 4.69) is 56.5 Å². The lowest BCUT2D eigenvalue weighted by Crippen LogP contribution is -2.16. The summed E-state index contributed by atoms with van der Waals surface area (Å²) in [5.74, 6) is 0.639. The van der Waals surface area contributed by atoms with Crippen LogP contribution in [0, 0.1) is 11.3 Å². The first kappa shape index (κ1) is 15.2. The molecule has 0 N–H and O–H groups in total. The highest BCUT2D eigenvalue weighted by atomic mass is 15.4. The summed E-state index contributed by atoms with van der Waals surface area (Å²) < 4.78 is 2.13.